The molecular formula is C17H16N2O2S2. The molecule has 2 heterocycles. The summed E-state index contributed by atoms with van der Waals surface area (Å²) in [6.45, 7) is 0.0168. The number of benzene rings is 1. The Morgan fingerprint density at radius 2 is 2.04 bits per heavy atom. The highest BCUT2D eigenvalue weighted by Crippen LogP contribution is 2.29. The van der Waals surface area contributed by atoms with Gasteiger partial charge in [0.25, 0.3) is 5.91 Å². The number of aromatic nitrogens is 1. The number of aliphatic hydroxyl groups is 1. The molecule has 0 saturated heterocycles. The second-order valence-corrected chi connectivity index (χ2v) is 6.93. The number of carbonyl (C=O) groups excluding carboxylic acids is 1. The highest BCUT2D eigenvalue weighted by molar-refractivity contribution is 7.21. The second-order valence-electron chi connectivity index (χ2n) is 4.96. The zero-order valence-corrected chi connectivity index (χ0v) is 13.9. The molecule has 2 N–H and O–H groups in total. The highest BCUT2D eigenvalue weighted by Gasteiger charge is 2.17. The topological polar surface area (TPSA) is 62.2 Å². The van der Waals surface area contributed by atoms with Gasteiger partial charge in [-0.2, -0.15) is 0 Å². The van der Waals surface area contributed by atoms with Gasteiger partial charge in [-0.1, -0.05) is 36.4 Å². The van der Waals surface area contributed by atoms with Crippen molar-refractivity contribution >= 4 is 28.6 Å². The molecule has 3 aromatic rings. The molecule has 6 heteroatoms. The summed E-state index contributed by atoms with van der Waals surface area (Å²) in [4.78, 5) is 18.4. The van der Waals surface area contributed by atoms with Crippen LogP contribution in [0, 0.1) is 0 Å². The Morgan fingerprint density at radius 1 is 1.22 bits per heavy atom. The molecule has 1 amide bonds. The summed E-state index contributed by atoms with van der Waals surface area (Å²) in [7, 11) is 0. The summed E-state index contributed by atoms with van der Waals surface area (Å²) in [5, 5.41) is 15.1. The summed E-state index contributed by atoms with van der Waals surface area (Å²) in [6, 6.07) is 13.4. The number of carbonyl (C=O) groups is 1. The number of nitrogens with one attached hydrogen (secondary N) is 1. The lowest BCUT2D eigenvalue weighted by Gasteiger charge is -2.17. The molecule has 2 aromatic heterocycles. The van der Waals surface area contributed by atoms with E-state index in [1.54, 1.807) is 17.5 Å². The molecule has 0 aliphatic rings. The average Bonchev–Trinajstić information content (AvgIpc) is 3.26. The van der Waals surface area contributed by atoms with Gasteiger partial charge in [0.1, 0.15) is 9.88 Å². The molecular weight excluding hydrogens is 328 g/mol. The van der Waals surface area contributed by atoms with Crippen LogP contribution >= 0.6 is 22.7 Å². The van der Waals surface area contributed by atoms with E-state index in [4.69, 9.17) is 0 Å². The van der Waals surface area contributed by atoms with Gasteiger partial charge in [0.05, 0.1) is 17.1 Å². The maximum Gasteiger partial charge on any atom is 0.263 e. The van der Waals surface area contributed by atoms with E-state index < -0.39 is 0 Å². The van der Waals surface area contributed by atoms with Crippen molar-refractivity contribution in [3.8, 4) is 9.88 Å². The summed E-state index contributed by atoms with van der Waals surface area (Å²) >= 11 is 2.98. The quantitative estimate of drug-likeness (QED) is 0.716. The lowest BCUT2D eigenvalue weighted by molar-refractivity contribution is 0.0934. The van der Waals surface area contributed by atoms with E-state index in [1.165, 1.54) is 11.3 Å². The third-order valence-corrected chi connectivity index (χ3v) is 5.42. The van der Waals surface area contributed by atoms with Crippen LogP contribution in [-0.4, -0.2) is 22.6 Å². The molecule has 0 saturated carbocycles. The monoisotopic (exact) mass is 344 g/mol. The molecule has 0 aliphatic heterocycles. The van der Waals surface area contributed by atoms with Crippen molar-refractivity contribution < 1.29 is 9.90 Å². The van der Waals surface area contributed by atoms with Crippen LogP contribution in [0.15, 0.2) is 54.0 Å². The van der Waals surface area contributed by atoms with Gasteiger partial charge in [-0.25, -0.2) is 4.98 Å². The standard InChI is InChI=1S/C17H16N2O2S2/c20-9-8-13(12-5-2-1-3-6-12)19-16(21)15-11-18-17(23-15)14-7-4-10-22-14/h1-7,10-11,13,20H,8-9H2,(H,19,21). The molecule has 1 atom stereocenters. The van der Waals surface area contributed by atoms with Gasteiger partial charge in [0.2, 0.25) is 0 Å². The van der Waals surface area contributed by atoms with Crippen molar-refractivity contribution in [1.82, 2.24) is 10.3 Å². The minimum Gasteiger partial charge on any atom is -0.396 e. The summed E-state index contributed by atoms with van der Waals surface area (Å²) < 4.78 is 0. The molecule has 1 aromatic carbocycles. The number of hydrogen-bond acceptors (Lipinski definition) is 5. The van der Waals surface area contributed by atoms with Gasteiger partial charge in [0.15, 0.2) is 0 Å². The first-order chi connectivity index (χ1) is 11.3. The number of aliphatic hydroxyl groups excluding tert-OH is 1. The van der Waals surface area contributed by atoms with E-state index in [0.717, 1.165) is 15.4 Å². The van der Waals surface area contributed by atoms with E-state index >= 15 is 0 Å². The molecule has 23 heavy (non-hydrogen) atoms. The number of thiazole rings is 1. The molecule has 0 spiro atoms. The fourth-order valence-corrected chi connectivity index (χ4v) is 3.88. The molecule has 0 fully saturated rings. The van der Waals surface area contributed by atoms with Crippen molar-refractivity contribution in [2.24, 2.45) is 0 Å². The Bertz CT molecular complexity index is 754. The van der Waals surface area contributed by atoms with E-state index in [2.05, 4.69) is 10.3 Å². The van der Waals surface area contributed by atoms with Crippen molar-refractivity contribution in [2.75, 3.05) is 6.61 Å². The van der Waals surface area contributed by atoms with E-state index in [9.17, 15) is 9.90 Å². The smallest absolute Gasteiger partial charge is 0.263 e. The van der Waals surface area contributed by atoms with Crippen LogP contribution in [-0.2, 0) is 0 Å². The molecule has 0 bridgehead atoms. The van der Waals surface area contributed by atoms with Crippen LogP contribution in [0.2, 0.25) is 0 Å². The van der Waals surface area contributed by atoms with Gasteiger partial charge in [-0.3, -0.25) is 4.79 Å². The Hall–Kier alpha value is -2.02. The predicted octanol–water partition coefficient (Wildman–Crippen LogP) is 3.73. The van der Waals surface area contributed by atoms with Crippen molar-refractivity contribution in [1.29, 1.82) is 0 Å². The van der Waals surface area contributed by atoms with Crippen molar-refractivity contribution in [2.45, 2.75) is 12.5 Å². The number of amides is 1. The predicted molar refractivity (Wildman–Crippen MR) is 93.8 cm³/mol. The van der Waals surface area contributed by atoms with Gasteiger partial charge in [-0.15, -0.1) is 22.7 Å². The minimum atomic E-state index is -0.207. The molecule has 3 rings (SSSR count). The normalized spacial score (nSPS) is 12.0. The molecule has 0 radical (unpaired) electrons. The summed E-state index contributed by atoms with van der Waals surface area (Å²) in [5.74, 6) is -0.160. The first-order valence-electron chi connectivity index (χ1n) is 7.24. The van der Waals surface area contributed by atoms with Crippen LogP contribution in [0.4, 0.5) is 0 Å². The fourth-order valence-electron chi connectivity index (χ4n) is 2.26. The average molecular weight is 344 g/mol. The minimum absolute atomic E-state index is 0.0168. The third-order valence-electron chi connectivity index (χ3n) is 3.39. The van der Waals surface area contributed by atoms with Crippen LogP contribution in [0.25, 0.3) is 9.88 Å². The van der Waals surface area contributed by atoms with Crippen molar-refractivity contribution in [3.05, 3.63) is 64.5 Å². The number of thiophene rings is 1. The van der Waals surface area contributed by atoms with Crippen LogP contribution in [0.1, 0.15) is 27.7 Å². The van der Waals surface area contributed by atoms with Gasteiger partial charge < -0.3 is 10.4 Å². The molecule has 1 unspecified atom stereocenters. The van der Waals surface area contributed by atoms with E-state index in [0.29, 0.717) is 11.3 Å². The molecule has 0 aliphatic carbocycles. The Morgan fingerprint density at radius 3 is 2.74 bits per heavy atom. The first kappa shape index (κ1) is 15.9. The van der Waals surface area contributed by atoms with E-state index in [-0.39, 0.29) is 18.6 Å². The maximum absolute atomic E-state index is 12.5. The lowest BCUT2D eigenvalue weighted by atomic mass is 10.0. The number of nitrogens with zero attached hydrogens (tertiary/aromatic N) is 1. The van der Waals surface area contributed by atoms with Gasteiger partial charge in [0, 0.05) is 6.61 Å². The highest BCUT2D eigenvalue weighted by atomic mass is 32.1. The molecule has 4 nitrogen and oxygen atoms in total. The van der Waals surface area contributed by atoms with Crippen LogP contribution < -0.4 is 5.32 Å². The largest absolute Gasteiger partial charge is 0.396 e. The van der Waals surface area contributed by atoms with Gasteiger partial charge in [-0.05, 0) is 23.4 Å². The van der Waals surface area contributed by atoms with Crippen molar-refractivity contribution in [3.63, 3.8) is 0 Å². The van der Waals surface area contributed by atoms with Crippen LogP contribution in [0.3, 0.4) is 0 Å². The first-order valence-corrected chi connectivity index (χ1v) is 8.94. The second kappa shape index (κ2) is 7.50. The number of rotatable bonds is 6. The fraction of sp³-hybridized carbons (Fsp3) is 0.176. The van der Waals surface area contributed by atoms with E-state index in [1.807, 2.05) is 47.8 Å². The Balaban J connectivity index is 1.74. The Kier molecular flexibility index (Phi) is 5.17. The SMILES string of the molecule is O=C(NC(CCO)c1ccccc1)c1cnc(-c2cccs2)s1. The maximum atomic E-state index is 12.5. The zero-order valence-electron chi connectivity index (χ0n) is 12.3. The molecule has 118 valence electrons. The zero-order chi connectivity index (χ0) is 16.1. The third kappa shape index (κ3) is 3.85. The summed E-state index contributed by atoms with van der Waals surface area (Å²) in [5.41, 5.74) is 0.984. The van der Waals surface area contributed by atoms with Gasteiger partial charge >= 0.3 is 0 Å². The number of hydrogen-bond donors (Lipinski definition) is 2. The summed E-state index contributed by atoms with van der Waals surface area (Å²) in [6.07, 6.45) is 2.09. The lowest BCUT2D eigenvalue weighted by Crippen LogP contribution is -2.28. The Labute approximate surface area is 142 Å². The van der Waals surface area contributed by atoms with Crippen LogP contribution in [0.5, 0.6) is 0 Å².